The van der Waals surface area contributed by atoms with Crippen molar-refractivity contribution >= 4 is 27.6 Å². The van der Waals surface area contributed by atoms with Gasteiger partial charge in [-0.3, -0.25) is 0 Å². The monoisotopic (exact) mass is 310 g/mol. The lowest BCUT2D eigenvalue weighted by atomic mass is 9.96. The van der Waals surface area contributed by atoms with E-state index in [2.05, 4.69) is 26.6 Å². The fraction of sp³-hybridized carbons (Fsp3) is 0.500. The predicted octanol–water partition coefficient (Wildman–Crippen LogP) is 4.21. The molecule has 2 amide bonds. The summed E-state index contributed by atoms with van der Waals surface area (Å²) in [5, 5.41) is 5.93. The van der Waals surface area contributed by atoms with E-state index in [1.165, 1.54) is 24.8 Å². The summed E-state index contributed by atoms with van der Waals surface area (Å²) in [6.07, 6.45) is 5.94. The van der Waals surface area contributed by atoms with Crippen molar-refractivity contribution in [1.82, 2.24) is 5.32 Å². The lowest BCUT2D eigenvalue weighted by Gasteiger charge is -2.23. The van der Waals surface area contributed by atoms with E-state index in [0.717, 1.165) is 23.0 Å². The summed E-state index contributed by atoms with van der Waals surface area (Å²) in [6.45, 7) is 2.02. The number of hydrogen-bond acceptors (Lipinski definition) is 1. The number of carbonyl (C=O) groups excluding carboxylic acids is 1. The summed E-state index contributed by atoms with van der Waals surface area (Å²) in [7, 11) is 0. The molecule has 0 saturated heterocycles. The van der Waals surface area contributed by atoms with Crippen LogP contribution in [0.4, 0.5) is 10.5 Å². The molecule has 0 atom stereocenters. The number of rotatable bonds is 2. The van der Waals surface area contributed by atoms with Crippen LogP contribution in [-0.2, 0) is 0 Å². The van der Waals surface area contributed by atoms with Crippen molar-refractivity contribution in [3.63, 3.8) is 0 Å². The zero-order chi connectivity index (χ0) is 13.0. The Balaban J connectivity index is 1.90. The highest BCUT2D eigenvalue weighted by Gasteiger charge is 2.15. The van der Waals surface area contributed by atoms with E-state index in [4.69, 9.17) is 0 Å². The average molecular weight is 311 g/mol. The highest BCUT2D eigenvalue weighted by atomic mass is 79.9. The molecule has 0 spiro atoms. The molecule has 0 heterocycles. The summed E-state index contributed by atoms with van der Waals surface area (Å²) < 4.78 is 0.918. The first-order valence-electron chi connectivity index (χ1n) is 6.49. The molecule has 0 bridgehead atoms. The summed E-state index contributed by atoms with van der Waals surface area (Å²) >= 11 is 3.46. The number of aryl methyl sites for hydroxylation is 1. The molecular formula is C14H19BrN2O. The number of halogens is 1. The van der Waals surface area contributed by atoms with E-state index >= 15 is 0 Å². The minimum absolute atomic E-state index is 0.105. The standard InChI is InChI=1S/C14H19BrN2O/c1-10-7-8-13(12(15)9-10)17-14(18)16-11-5-3-2-4-6-11/h7-9,11H,2-6H2,1H3,(H2,16,17,18). The molecule has 1 saturated carbocycles. The maximum Gasteiger partial charge on any atom is 0.319 e. The van der Waals surface area contributed by atoms with Gasteiger partial charge in [-0.05, 0) is 53.4 Å². The topological polar surface area (TPSA) is 41.1 Å². The SMILES string of the molecule is Cc1ccc(NC(=O)NC2CCCCC2)c(Br)c1. The van der Waals surface area contributed by atoms with Crippen LogP contribution in [-0.4, -0.2) is 12.1 Å². The third-order valence-electron chi connectivity index (χ3n) is 3.31. The van der Waals surface area contributed by atoms with Crippen molar-refractivity contribution in [2.45, 2.75) is 45.1 Å². The first-order valence-corrected chi connectivity index (χ1v) is 7.28. The minimum Gasteiger partial charge on any atom is -0.335 e. The van der Waals surface area contributed by atoms with Crippen LogP contribution < -0.4 is 10.6 Å². The van der Waals surface area contributed by atoms with E-state index < -0.39 is 0 Å². The summed E-state index contributed by atoms with van der Waals surface area (Å²) in [6, 6.07) is 6.13. The van der Waals surface area contributed by atoms with Gasteiger partial charge in [0.1, 0.15) is 0 Å². The Bertz CT molecular complexity index is 428. The first kappa shape index (κ1) is 13.4. The Morgan fingerprint density at radius 3 is 2.67 bits per heavy atom. The predicted molar refractivity (Wildman–Crippen MR) is 77.9 cm³/mol. The van der Waals surface area contributed by atoms with Gasteiger partial charge < -0.3 is 10.6 Å². The molecule has 1 fully saturated rings. The van der Waals surface area contributed by atoms with Gasteiger partial charge in [0.15, 0.2) is 0 Å². The Labute approximate surface area is 116 Å². The van der Waals surface area contributed by atoms with Gasteiger partial charge in [-0.15, -0.1) is 0 Å². The number of nitrogens with one attached hydrogen (secondary N) is 2. The van der Waals surface area contributed by atoms with Crippen molar-refractivity contribution in [1.29, 1.82) is 0 Å². The molecule has 98 valence electrons. The Hall–Kier alpha value is -1.03. The van der Waals surface area contributed by atoms with Crippen LogP contribution in [0, 0.1) is 6.92 Å². The van der Waals surface area contributed by atoms with Crippen LogP contribution >= 0.6 is 15.9 Å². The number of carbonyl (C=O) groups is 1. The summed E-state index contributed by atoms with van der Waals surface area (Å²) in [4.78, 5) is 11.9. The molecule has 3 nitrogen and oxygen atoms in total. The van der Waals surface area contributed by atoms with Gasteiger partial charge in [0, 0.05) is 10.5 Å². The van der Waals surface area contributed by atoms with Gasteiger partial charge in [0.05, 0.1) is 5.69 Å². The molecule has 0 aliphatic heterocycles. The minimum atomic E-state index is -0.105. The number of urea groups is 1. The highest BCUT2D eigenvalue weighted by molar-refractivity contribution is 9.10. The smallest absolute Gasteiger partial charge is 0.319 e. The number of benzene rings is 1. The maximum absolute atomic E-state index is 11.9. The summed E-state index contributed by atoms with van der Waals surface area (Å²) in [5.74, 6) is 0. The molecule has 0 unspecified atom stereocenters. The molecule has 1 aromatic rings. The molecular weight excluding hydrogens is 292 g/mol. The van der Waals surface area contributed by atoms with E-state index in [0.29, 0.717) is 6.04 Å². The van der Waals surface area contributed by atoms with Crippen LogP contribution in [0.1, 0.15) is 37.7 Å². The van der Waals surface area contributed by atoms with Crippen LogP contribution in [0.15, 0.2) is 22.7 Å². The zero-order valence-corrected chi connectivity index (χ0v) is 12.2. The van der Waals surface area contributed by atoms with Crippen molar-refractivity contribution in [2.24, 2.45) is 0 Å². The quantitative estimate of drug-likeness (QED) is 0.844. The fourth-order valence-corrected chi connectivity index (χ4v) is 2.90. The highest BCUT2D eigenvalue weighted by Crippen LogP contribution is 2.23. The van der Waals surface area contributed by atoms with Gasteiger partial charge >= 0.3 is 6.03 Å². The van der Waals surface area contributed by atoms with Crippen molar-refractivity contribution in [2.75, 3.05) is 5.32 Å². The largest absolute Gasteiger partial charge is 0.335 e. The first-order chi connectivity index (χ1) is 8.65. The van der Waals surface area contributed by atoms with Crippen LogP contribution in [0.2, 0.25) is 0 Å². The Morgan fingerprint density at radius 1 is 1.28 bits per heavy atom. The van der Waals surface area contributed by atoms with Crippen molar-refractivity contribution in [3.8, 4) is 0 Å². The van der Waals surface area contributed by atoms with Crippen molar-refractivity contribution < 1.29 is 4.79 Å². The second-order valence-corrected chi connectivity index (χ2v) is 5.77. The van der Waals surface area contributed by atoms with Gasteiger partial charge in [-0.2, -0.15) is 0 Å². The average Bonchev–Trinajstić information content (AvgIpc) is 2.34. The third kappa shape index (κ3) is 3.73. The second kappa shape index (κ2) is 6.23. The van der Waals surface area contributed by atoms with E-state index in [-0.39, 0.29) is 6.03 Å². The maximum atomic E-state index is 11.9. The van der Waals surface area contributed by atoms with Crippen LogP contribution in [0.5, 0.6) is 0 Å². The Kier molecular flexibility index (Phi) is 4.64. The van der Waals surface area contributed by atoms with E-state index in [9.17, 15) is 4.79 Å². The van der Waals surface area contributed by atoms with Gasteiger partial charge in [-0.1, -0.05) is 25.3 Å². The molecule has 1 aromatic carbocycles. The van der Waals surface area contributed by atoms with E-state index in [1.54, 1.807) is 0 Å². The molecule has 0 aromatic heterocycles. The molecule has 2 rings (SSSR count). The number of amides is 2. The molecule has 0 radical (unpaired) electrons. The molecule has 4 heteroatoms. The fourth-order valence-electron chi connectivity index (χ4n) is 2.31. The van der Waals surface area contributed by atoms with Gasteiger partial charge in [0.25, 0.3) is 0 Å². The van der Waals surface area contributed by atoms with Gasteiger partial charge in [0.2, 0.25) is 0 Å². The molecule has 2 N–H and O–H groups in total. The number of hydrogen-bond donors (Lipinski definition) is 2. The lowest BCUT2D eigenvalue weighted by Crippen LogP contribution is -2.39. The lowest BCUT2D eigenvalue weighted by molar-refractivity contribution is 0.244. The van der Waals surface area contributed by atoms with Crippen molar-refractivity contribution in [3.05, 3.63) is 28.2 Å². The summed E-state index contributed by atoms with van der Waals surface area (Å²) in [5.41, 5.74) is 1.98. The van der Waals surface area contributed by atoms with Crippen LogP contribution in [0.25, 0.3) is 0 Å². The van der Waals surface area contributed by atoms with Gasteiger partial charge in [-0.25, -0.2) is 4.79 Å². The number of anilines is 1. The normalized spacial score (nSPS) is 16.3. The zero-order valence-electron chi connectivity index (χ0n) is 10.6. The Morgan fingerprint density at radius 2 is 2.00 bits per heavy atom. The van der Waals surface area contributed by atoms with E-state index in [1.807, 2.05) is 25.1 Å². The molecule has 1 aliphatic rings. The second-order valence-electron chi connectivity index (χ2n) is 4.92. The molecule has 18 heavy (non-hydrogen) atoms. The third-order valence-corrected chi connectivity index (χ3v) is 3.97. The van der Waals surface area contributed by atoms with Crippen LogP contribution in [0.3, 0.4) is 0 Å². The molecule has 1 aliphatic carbocycles.